The second-order valence-corrected chi connectivity index (χ2v) is 10.8. The third-order valence-corrected chi connectivity index (χ3v) is 7.77. The standard InChI is InChI=1S/C33H38N4O6/c34-20-25-11-13-28(14-12-25)37-22-29(43-33(37)40)21-35-15-17-36(18-16-35)30(32(39)42-24-27-9-5-2-6-10-27)19-31(38)41-23-26-7-3-1-4-8-26/h1-14,29-30H,15-24,34H2. The number of ether oxygens (including phenoxy) is 3. The van der Waals surface area contributed by atoms with Crippen LogP contribution in [-0.4, -0.2) is 79.2 Å². The molecule has 0 bridgehead atoms. The summed E-state index contributed by atoms with van der Waals surface area (Å²) in [7, 11) is 0. The van der Waals surface area contributed by atoms with Crippen molar-refractivity contribution in [1.82, 2.24) is 9.80 Å². The van der Waals surface area contributed by atoms with Crippen LogP contribution in [0, 0.1) is 0 Å². The van der Waals surface area contributed by atoms with Gasteiger partial charge < -0.3 is 19.9 Å². The van der Waals surface area contributed by atoms with Crippen molar-refractivity contribution in [2.75, 3.05) is 44.2 Å². The molecular weight excluding hydrogens is 548 g/mol. The monoisotopic (exact) mass is 586 g/mol. The fraction of sp³-hybridized carbons (Fsp3) is 0.364. The number of carbonyl (C=O) groups excluding carboxylic acids is 3. The molecule has 43 heavy (non-hydrogen) atoms. The number of anilines is 1. The Morgan fingerprint density at radius 1 is 0.814 bits per heavy atom. The zero-order chi connectivity index (χ0) is 30.0. The lowest BCUT2D eigenvalue weighted by Crippen LogP contribution is -2.54. The minimum atomic E-state index is -0.759. The van der Waals surface area contributed by atoms with Crippen molar-refractivity contribution in [2.45, 2.75) is 38.3 Å². The smallest absolute Gasteiger partial charge is 0.414 e. The molecule has 2 fully saturated rings. The van der Waals surface area contributed by atoms with Crippen LogP contribution in [0.4, 0.5) is 10.5 Å². The highest BCUT2D eigenvalue weighted by molar-refractivity contribution is 5.89. The normalized spacial score (nSPS) is 18.2. The van der Waals surface area contributed by atoms with Gasteiger partial charge >= 0.3 is 18.0 Å². The van der Waals surface area contributed by atoms with Gasteiger partial charge in [-0.25, -0.2) is 4.79 Å². The van der Waals surface area contributed by atoms with E-state index in [1.165, 1.54) is 0 Å². The van der Waals surface area contributed by atoms with Crippen LogP contribution >= 0.6 is 0 Å². The summed E-state index contributed by atoms with van der Waals surface area (Å²) in [5.41, 5.74) is 9.23. The first kappa shape index (κ1) is 30.2. The molecule has 2 N–H and O–H groups in total. The summed E-state index contributed by atoms with van der Waals surface area (Å²) in [4.78, 5) is 44.5. The summed E-state index contributed by atoms with van der Waals surface area (Å²) in [6.45, 7) is 4.19. The molecule has 10 heteroatoms. The van der Waals surface area contributed by atoms with Crippen molar-refractivity contribution in [3.05, 3.63) is 102 Å². The highest BCUT2D eigenvalue weighted by atomic mass is 16.6. The third kappa shape index (κ3) is 8.41. The van der Waals surface area contributed by atoms with Gasteiger partial charge in [-0.15, -0.1) is 0 Å². The zero-order valence-electron chi connectivity index (χ0n) is 24.2. The van der Waals surface area contributed by atoms with Crippen molar-refractivity contribution in [3.8, 4) is 0 Å². The van der Waals surface area contributed by atoms with Gasteiger partial charge in [-0.1, -0.05) is 72.8 Å². The van der Waals surface area contributed by atoms with E-state index in [-0.39, 0.29) is 31.8 Å². The SMILES string of the molecule is NCc1ccc(N2CC(CN3CCN(C(CC(=O)OCc4ccccc4)C(=O)OCc4ccccc4)CC3)OC2=O)cc1. The van der Waals surface area contributed by atoms with Crippen molar-refractivity contribution < 1.29 is 28.6 Å². The van der Waals surface area contributed by atoms with Gasteiger partial charge in [0, 0.05) is 45.0 Å². The third-order valence-electron chi connectivity index (χ3n) is 7.77. The molecule has 0 spiro atoms. The molecule has 0 aromatic heterocycles. The van der Waals surface area contributed by atoms with Gasteiger partial charge in [0.1, 0.15) is 25.4 Å². The second kappa shape index (κ2) is 14.8. The Labute approximate surface area is 251 Å². The van der Waals surface area contributed by atoms with E-state index in [4.69, 9.17) is 19.9 Å². The van der Waals surface area contributed by atoms with Crippen LogP contribution in [0.15, 0.2) is 84.9 Å². The first-order chi connectivity index (χ1) is 21.0. The van der Waals surface area contributed by atoms with Crippen molar-refractivity contribution in [3.63, 3.8) is 0 Å². The van der Waals surface area contributed by atoms with E-state index in [9.17, 15) is 14.4 Å². The number of benzene rings is 3. The van der Waals surface area contributed by atoms with Gasteiger partial charge in [0.15, 0.2) is 0 Å². The van der Waals surface area contributed by atoms with Gasteiger partial charge in [0.05, 0.1) is 13.0 Å². The largest absolute Gasteiger partial charge is 0.461 e. The molecule has 10 nitrogen and oxygen atoms in total. The number of esters is 2. The molecule has 2 heterocycles. The number of nitrogens with zero attached hydrogens (tertiary/aromatic N) is 3. The van der Waals surface area contributed by atoms with E-state index in [0.29, 0.717) is 45.8 Å². The highest BCUT2D eigenvalue weighted by Gasteiger charge is 2.36. The van der Waals surface area contributed by atoms with Gasteiger partial charge in [-0.2, -0.15) is 0 Å². The van der Waals surface area contributed by atoms with E-state index in [1.807, 2.05) is 89.8 Å². The van der Waals surface area contributed by atoms with Crippen LogP contribution in [0.2, 0.25) is 0 Å². The molecule has 2 unspecified atom stereocenters. The van der Waals surface area contributed by atoms with Crippen LogP contribution in [-0.2, 0) is 43.6 Å². The Kier molecular flexibility index (Phi) is 10.4. The maximum atomic E-state index is 13.3. The molecule has 1 amide bonds. The van der Waals surface area contributed by atoms with E-state index in [1.54, 1.807) is 4.90 Å². The summed E-state index contributed by atoms with van der Waals surface area (Å²) >= 11 is 0. The molecule has 2 atom stereocenters. The molecule has 2 aliphatic rings. The molecule has 0 radical (unpaired) electrons. The van der Waals surface area contributed by atoms with E-state index >= 15 is 0 Å². The van der Waals surface area contributed by atoms with Crippen LogP contribution in [0.25, 0.3) is 0 Å². The summed E-state index contributed by atoms with van der Waals surface area (Å²) in [5, 5.41) is 0. The molecule has 0 aliphatic carbocycles. The average molecular weight is 587 g/mol. The molecule has 3 aromatic rings. The van der Waals surface area contributed by atoms with Crippen molar-refractivity contribution in [1.29, 1.82) is 0 Å². The van der Waals surface area contributed by atoms with E-state index in [2.05, 4.69) is 4.90 Å². The van der Waals surface area contributed by atoms with Gasteiger partial charge in [0.25, 0.3) is 0 Å². The number of nitrogens with two attached hydrogens (primary N) is 1. The maximum Gasteiger partial charge on any atom is 0.414 e. The quantitative estimate of drug-likeness (QED) is 0.252. The summed E-state index contributed by atoms with van der Waals surface area (Å²) in [6, 6.07) is 25.7. The van der Waals surface area contributed by atoms with Gasteiger partial charge in [0.2, 0.25) is 0 Å². The Morgan fingerprint density at radius 3 is 2.02 bits per heavy atom. The molecule has 2 saturated heterocycles. The predicted molar refractivity (Wildman–Crippen MR) is 161 cm³/mol. The minimum absolute atomic E-state index is 0.0986. The summed E-state index contributed by atoms with van der Waals surface area (Å²) in [6.07, 6.45) is -0.731. The number of piperazine rings is 1. The van der Waals surface area contributed by atoms with Crippen LogP contribution in [0.5, 0.6) is 0 Å². The zero-order valence-corrected chi connectivity index (χ0v) is 24.2. The minimum Gasteiger partial charge on any atom is -0.461 e. The number of hydrogen-bond donors (Lipinski definition) is 1. The Balaban J connectivity index is 1.15. The van der Waals surface area contributed by atoms with Crippen LogP contribution in [0.3, 0.4) is 0 Å². The Bertz CT molecular complexity index is 1350. The predicted octanol–water partition coefficient (Wildman–Crippen LogP) is 3.33. The Hall–Kier alpha value is -4.25. The van der Waals surface area contributed by atoms with Crippen molar-refractivity contribution >= 4 is 23.7 Å². The second-order valence-electron chi connectivity index (χ2n) is 10.8. The number of carbonyl (C=O) groups is 3. The van der Waals surface area contributed by atoms with Crippen LogP contribution < -0.4 is 10.6 Å². The van der Waals surface area contributed by atoms with E-state index < -0.39 is 18.0 Å². The van der Waals surface area contributed by atoms with E-state index in [0.717, 1.165) is 22.4 Å². The lowest BCUT2D eigenvalue weighted by atomic mass is 10.1. The fourth-order valence-electron chi connectivity index (χ4n) is 5.33. The first-order valence-electron chi connectivity index (χ1n) is 14.6. The average Bonchev–Trinajstić information content (AvgIpc) is 3.42. The maximum absolute atomic E-state index is 13.3. The highest BCUT2D eigenvalue weighted by Crippen LogP contribution is 2.23. The number of rotatable bonds is 12. The molecule has 3 aromatic carbocycles. The Morgan fingerprint density at radius 2 is 1.42 bits per heavy atom. The van der Waals surface area contributed by atoms with Crippen molar-refractivity contribution in [2.24, 2.45) is 5.73 Å². The summed E-state index contributed by atoms with van der Waals surface area (Å²) in [5.74, 6) is -0.902. The first-order valence-corrected chi connectivity index (χ1v) is 14.6. The molecule has 226 valence electrons. The topological polar surface area (TPSA) is 115 Å². The van der Waals surface area contributed by atoms with Crippen LogP contribution in [0.1, 0.15) is 23.1 Å². The molecular formula is C33H38N4O6. The van der Waals surface area contributed by atoms with Gasteiger partial charge in [-0.05, 0) is 28.8 Å². The number of cyclic esters (lactones) is 1. The summed E-state index contributed by atoms with van der Waals surface area (Å²) < 4.78 is 16.8. The molecule has 0 saturated carbocycles. The molecule has 5 rings (SSSR count). The lowest BCUT2D eigenvalue weighted by Gasteiger charge is -2.38. The lowest BCUT2D eigenvalue weighted by molar-refractivity contribution is -0.159. The number of hydrogen-bond acceptors (Lipinski definition) is 9. The fourth-order valence-corrected chi connectivity index (χ4v) is 5.33. The van der Waals surface area contributed by atoms with Gasteiger partial charge in [-0.3, -0.25) is 24.3 Å². The number of amides is 1. The molecule has 2 aliphatic heterocycles.